The Bertz CT molecular complexity index is 861. The molecular weight excluding hydrogens is 286 g/mol. The van der Waals surface area contributed by atoms with Crippen molar-refractivity contribution in [2.45, 2.75) is 13.8 Å². The number of aldehydes is 1. The third kappa shape index (κ3) is 3.26. The fourth-order valence-corrected chi connectivity index (χ4v) is 2.34. The summed E-state index contributed by atoms with van der Waals surface area (Å²) in [7, 11) is 0. The Morgan fingerprint density at radius 3 is 2.43 bits per heavy atom. The maximum absolute atomic E-state index is 11.2. The molecule has 0 radical (unpaired) electrons. The molecule has 0 saturated carbocycles. The van der Waals surface area contributed by atoms with Gasteiger partial charge in [0.05, 0.1) is 11.4 Å². The highest BCUT2D eigenvalue weighted by Gasteiger charge is 2.11. The zero-order valence-electron chi connectivity index (χ0n) is 13.1. The van der Waals surface area contributed by atoms with Gasteiger partial charge in [0, 0.05) is 0 Å². The van der Waals surface area contributed by atoms with Gasteiger partial charge in [-0.2, -0.15) is 0 Å². The third-order valence-corrected chi connectivity index (χ3v) is 3.60. The van der Waals surface area contributed by atoms with Gasteiger partial charge < -0.3 is 0 Å². The standard InChI is InChI=1S/C19H17N3O/c1-14-6-8-16(9-7-14)10-11-19-18(13-23)20-21-22(19)17-5-3-4-15(2)12-17/h3-13H,1-2H3/b11-10+. The van der Waals surface area contributed by atoms with Crippen molar-refractivity contribution in [3.05, 3.63) is 76.6 Å². The molecule has 4 nitrogen and oxygen atoms in total. The van der Waals surface area contributed by atoms with Gasteiger partial charge in [-0.3, -0.25) is 4.79 Å². The summed E-state index contributed by atoms with van der Waals surface area (Å²) in [6.45, 7) is 4.07. The van der Waals surface area contributed by atoms with E-state index >= 15 is 0 Å². The Morgan fingerprint density at radius 2 is 1.74 bits per heavy atom. The Balaban J connectivity index is 2.02. The van der Waals surface area contributed by atoms with E-state index in [1.807, 2.05) is 55.5 Å². The first kappa shape index (κ1) is 14.9. The maximum Gasteiger partial charge on any atom is 0.172 e. The largest absolute Gasteiger partial charge is 0.296 e. The van der Waals surface area contributed by atoms with Crippen LogP contribution >= 0.6 is 0 Å². The Labute approximate surface area is 135 Å². The molecule has 0 N–H and O–H groups in total. The third-order valence-electron chi connectivity index (χ3n) is 3.60. The number of rotatable bonds is 4. The van der Waals surface area contributed by atoms with E-state index in [0.29, 0.717) is 11.4 Å². The molecule has 0 aliphatic rings. The highest BCUT2D eigenvalue weighted by atomic mass is 16.1. The Morgan fingerprint density at radius 1 is 0.957 bits per heavy atom. The topological polar surface area (TPSA) is 47.8 Å². The van der Waals surface area contributed by atoms with E-state index in [4.69, 9.17) is 0 Å². The van der Waals surface area contributed by atoms with Gasteiger partial charge >= 0.3 is 0 Å². The second-order valence-corrected chi connectivity index (χ2v) is 5.47. The van der Waals surface area contributed by atoms with Gasteiger partial charge in [-0.05, 0) is 43.2 Å². The van der Waals surface area contributed by atoms with E-state index < -0.39 is 0 Å². The second kappa shape index (κ2) is 6.40. The zero-order valence-corrected chi connectivity index (χ0v) is 13.1. The number of aromatic nitrogens is 3. The van der Waals surface area contributed by atoms with Crippen LogP contribution in [-0.2, 0) is 0 Å². The molecule has 0 aliphatic carbocycles. The van der Waals surface area contributed by atoms with Gasteiger partial charge in [0.1, 0.15) is 0 Å². The molecule has 1 aromatic heterocycles. The molecule has 0 aliphatic heterocycles. The van der Waals surface area contributed by atoms with Crippen LogP contribution in [0.25, 0.3) is 17.8 Å². The van der Waals surface area contributed by atoms with Crippen LogP contribution in [0, 0.1) is 13.8 Å². The SMILES string of the molecule is Cc1ccc(/C=C/c2c(C=O)nnn2-c2cccc(C)c2)cc1. The van der Waals surface area contributed by atoms with E-state index in [1.54, 1.807) is 4.68 Å². The summed E-state index contributed by atoms with van der Waals surface area (Å²) in [6, 6.07) is 16.1. The van der Waals surface area contributed by atoms with Crippen molar-refractivity contribution in [1.29, 1.82) is 0 Å². The van der Waals surface area contributed by atoms with Gasteiger partial charge in [-0.25, -0.2) is 4.68 Å². The number of benzene rings is 2. The first-order valence-electron chi connectivity index (χ1n) is 7.40. The van der Waals surface area contributed by atoms with Crippen LogP contribution in [0.4, 0.5) is 0 Å². The number of hydrogen-bond donors (Lipinski definition) is 0. The van der Waals surface area contributed by atoms with E-state index in [2.05, 4.69) is 29.4 Å². The smallest absolute Gasteiger partial charge is 0.172 e. The monoisotopic (exact) mass is 303 g/mol. The molecule has 3 rings (SSSR count). The Kier molecular flexibility index (Phi) is 4.15. The average molecular weight is 303 g/mol. The van der Waals surface area contributed by atoms with Crippen molar-refractivity contribution in [2.75, 3.05) is 0 Å². The van der Waals surface area contributed by atoms with E-state index in [1.165, 1.54) is 5.56 Å². The molecule has 3 aromatic rings. The van der Waals surface area contributed by atoms with Gasteiger partial charge in [0.15, 0.2) is 12.0 Å². The summed E-state index contributed by atoms with van der Waals surface area (Å²) in [6.07, 6.45) is 4.56. The van der Waals surface area contributed by atoms with Crippen LogP contribution in [0.3, 0.4) is 0 Å². The molecule has 0 atom stereocenters. The van der Waals surface area contributed by atoms with Crippen molar-refractivity contribution in [3.8, 4) is 5.69 Å². The molecular formula is C19H17N3O. The lowest BCUT2D eigenvalue weighted by atomic mass is 10.1. The minimum Gasteiger partial charge on any atom is -0.296 e. The number of nitrogens with zero attached hydrogens (tertiary/aromatic N) is 3. The van der Waals surface area contributed by atoms with Crippen LogP contribution in [0.15, 0.2) is 48.5 Å². The number of aryl methyl sites for hydroxylation is 2. The predicted octanol–water partition coefficient (Wildman–Crippen LogP) is 3.87. The molecule has 0 unspecified atom stereocenters. The minimum absolute atomic E-state index is 0.329. The van der Waals surface area contributed by atoms with Crippen molar-refractivity contribution >= 4 is 18.4 Å². The van der Waals surface area contributed by atoms with Crippen LogP contribution in [-0.4, -0.2) is 21.3 Å². The molecule has 23 heavy (non-hydrogen) atoms. The lowest BCUT2D eigenvalue weighted by molar-refractivity contribution is 0.111. The summed E-state index contributed by atoms with van der Waals surface area (Å²) in [5, 5.41) is 8.07. The summed E-state index contributed by atoms with van der Waals surface area (Å²) < 4.78 is 1.68. The van der Waals surface area contributed by atoms with Crippen molar-refractivity contribution in [1.82, 2.24) is 15.0 Å². The lowest BCUT2D eigenvalue weighted by Gasteiger charge is -2.04. The van der Waals surface area contributed by atoms with Crippen molar-refractivity contribution in [2.24, 2.45) is 0 Å². The van der Waals surface area contributed by atoms with Crippen molar-refractivity contribution in [3.63, 3.8) is 0 Å². The van der Waals surface area contributed by atoms with Crippen molar-refractivity contribution < 1.29 is 4.79 Å². The lowest BCUT2D eigenvalue weighted by Crippen LogP contribution is -2.00. The molecule has 4 heteroatoms. The van der Waals surface area contributed by atoms with Crippen LogP contribution < -0.4 is 0 Å². The van der Waals surface area contributed by atoms with E-state index in [0.717, 1.165) is 23.1 Å². The van der Waals surface area contributed by atoms with E-state index in [9.17, 15) is 4.79 Å². The number of carbonyl (C=O) groups excluding carboxylic acids is 1. The van der Waals surface area contributed by atoms with Crippen LogP contribution in [0.1, 0.15) is 32.9 Å². The molecule has 2 aromatic carbocycles. The minimum atomic E-state index is 0.329. The first-order valence-corrected chi connectivity index (χ1v) is 7.40. The summed E-state index contributed by atoms with van der Waals surface area (Å²) in [4.78, 5) is 11.2. The fourth-order valence-electron chi connectivity index (χ4n) is 2.34. The predicted molar refractivity (Wildman–Crippen MR) is 91.6 cm³/mol. The van der Waals surface area contributed by atoms with E-state index in [-0.39, 0.29) is 0 Å². The number of carbonyl (C=O) groups is 1. The molecule has 0 spiro atoms. The molecule has 0 amide bonds. The number of hydrogen-bond acceptors (Lipinski definition) is 3. The molecule has 0 fully saturated rings. The molecule has 0 saturated heterocycles. The first-order chi connectivity index (χ1) is 11.2. The highest BCUT2D eigenvalue weighted by molar-refractivity contribution is 5.81. The quantitative estimate of drug-likeness (QED) is 0.687. The average Bonchev–Trinajstić information content (AvgIpc) is 2.97. The van der Waals surface area contributed by atoms with Gasteiger partial charge in [-0.1, -0.05) is 53.3 Å². The zero-order chi connectivity index (χ0) is 16.2. The molecule has 0 bridgehead atoms. The van der Waals surface area contributed by atoms with Crippen LogP contribution in [0.2, 0.25) is 0 Å². The summed E-state index contributed by atoms with van der Waals surface area (Å²) in [5.41, 5.74) is 5.28. The fraction of sp³-hybridized carbons (Fsp3) is 0.105. The summed E-state index contributed by atoms with van der Waals surface area (Å²) >= 11 is 0. The van der Waals surface area contributed by atoms with Crippen LogP contribution in [0.5, 0.6) is 0 Å². The normalized spacial score (nSPS) is 11.0. The van der Waals surface area contributed by atoms with Gasteiger partial charge in [0.2, 0.25) is 0 Å². The van der Waals surface area contributed by atoms with Gasteiger partial charge in [-0.15, -0.1) is 5.10 Å². The second-order valence-electron chi connectivity index (χ2n) is 5.47. The molecule has 114 valence electrons. The van der Waals surface area contributed by atoms with Gasteiger partial charge in [0.25, 0.3) is 0 Å². The Hall–Kier alpha value is -3.01. The summed E-state index contributed by atoms with van der Waals surface area (Å²) in [5.74, 6) is 0. The maximum atomic E-state index is 11.2. The highest BCUT2D eigenvalue weighted by Crippen LogP contribution is 2.16. The molecule has 1 heterocycles.